The molecule has 0 aromatic carbocycles. The number of rotatable bonds is 4. The standard InChI is InChI=1S/C11H14ClNO2S/c12-7-2-8-16(14,15)11-6-5-9-3-1-4-10(9)13-11/h5-6H,1-4,7-8H2. The number of sulfone groups is 1. The van der Waals surface area contributed by atoms with Gasteiger partial charge in [0.15, 0.2) is 14.9 Å². The van der Waals surface area contributed by atoms with Gasteiger partial charge >= 0.3 is 0 Å². The molecule has 0 atom stereocenters. The molecule has 1 aromatic heterocycles. The molecule has 0 amide bonds. The van der Waals surface area contributed by atoms with Crippen LogP contribution in [0.1, 0.15) is 24.1 Å². The van der Waals surface area contributed by atoms with Gasteiger partial charge in [0.05, 0.1) is 5.75 Å². The Morgan fingerprint density at radius 2 is 2.12 bits per heavy atom. The van der Waals surface area contributed by atoms with Crippen molar-refractivity contribution in [1.82, 2.24) is 4.98 Å². The summed E-state index contributed by atoms with van der Waals surface area (Å²) < 4.78 is 23.7. The van der Waals surface area contributed by atoms with Gasteiger partial charge in [0.2, 0.25) is 0 Å². The van der Waals surface area contributed by atoms with Crippen LogP contribution in [0.2, 0.25) is 0 Å². The molecule has 0 spiro atoms. The Morgan fingerprint density at radius 3 is 2.88 bits per heavy atom. The topological polar surface area (TPSA) is 47.0 Å². The average Bonchev–Trinajstić information content (AvgIpc) is 2.73. The van der Waals surface area contributed by atoms with Gasteiger partial charge in [-0.25, -0.2) is 13.4 Å². The summed E-state index contributed by atoms with van der Waals surface area (Å²) in [6.45, 7) is 0. The van der Waals surface area contributed by atoms with E-state index in [-0.39, 0.29) is 10.8 Å². The molecular formula is C11H14ClNO2S. The molecule has 3 nitrogen and oxygen atoms in total. The van der Waals surface area contributed by atoms with Crippen LogP contribution in [0.4, 0.5) is 0 Å². The van der Waals surface area contributed by atoms with Gasteiger partial charge in [-0.05, 0) is 37.3 Å². The van der Waals surface area contributed by atoms with E-state index in [0.717, 1.165) is 25.0 Å². The molecule has 0 unspecified atom stereocenters. The minimum absolute atomic E-state index is 0.0856. The first-order valence-corrected chi connectivity index (χ1v) is 7.60. The highest BCUT2D eigenvalue weighted by molar-refractivity contribution is 7.91. The Hall–Kier alpha value is -0.610. The van der Waals surface area contributed by atoms with Crippen molar-refractivity contribution in [2.75, 3.05) is 11.6 Å². The third kappa shape index (κ3) is 2.38. The zero-order chi connectivity index (χ0) is 11.6. The maximum absolute atomic E-state index is 11.9. The van der Waals surface area contributed by atoms with Gasteiger partial charge in [-0.2, -0.15) is 0 Å². The highest BCUT2D eigenvalue weighted by Crippen LogP contribution is 2.22. The van der Waals surface area contributed by atoms with E-state index in [4.69, 9.17) is 11.6 Å². The second-order valence-electron chi connectivity index (χ2n) is 3.97. The Labute approximate surface area is 101 Å². The normalized spacial score (nSPS) is 15.1. The lowest BCUT2D eigenvalue weighted by molar-refractivity contribution is 0.590. The van der Waals surface area contributed by atoms with E-state index >= 15 is 0 Å². The van der Waals surface area contributed by atoms with Gasteiger partial charge in [0, 0.05) is 11.6 Å². The number of hydrogen-bond acceptors (Lipinski definition) is 3. The third-order valence-electron chi connectivity index (χ3n) is 2.77. The first-order valence-electron chi connectivity index (χ1n) is 5.41. The summed E-state index contributed by atoms with van der Waals surface area (Å²) in [6.07, 6.45) is 3.47. The lowest BCUT2D eigenvalue weighted by atomic mass is 10.2. The molecule has 0 N–H and O–H groups in total. The number of aryl methyl sites for hydroxylation is 2. The molecule has 1 aromatic rings. The van der Waals surface area contributed by atoms with Crippen molar-refractivity contribution in [3.8, 4) is 0 Å². The van der Waals surface area contributed by atoms with Crippen molar-refractivity contribution in [1.29, 1.82) is 0 Å². The Balaban J connectivity index is 2.27. The number of aromatic nitrogens is 1. The van der Waals surface area contributed by atoms with Crippen LogP contribution in [0.15, 0.2) is 17.2 Å². The second-order valence-corrected chi connectivity index (χ2v) is 6.40. The Morgan fingerprint density at radius 1 is 1.31 bits per heavy atom. The van der Waals surface area contributed by atoms with Gasteiger partial charge in [-0.3, -0.25) is 0 Å². The van der Waals surface area contributed by atoms with Gasteiger partial charge in [0.1, 0.15) is 0 Å². The minimum atomic E-state index is -3.24. The quantitative estimate of drug-likeness (QED) is 0.777. The molecule has 88 valence electrons. The summed E-state index contributed by atoms with van der Waals surface area (Å²) in [5.41, 5.74) is 2.14. The number of alkyl halides is 1. The molecule has 2 rings (SSSR count). The zero-order valence-corrected chi connectivity index (χ0v) is 10.5. The van der Waals surface area contributed by atoms with Crippen molar-refractivity contribution < 1.29 is 8.42 Å². The first-order chi connectivity index (χ1) is 7.63. The van der Waals surface area contributed by atoms with Crippen LogP contribution >= 0.6 is 11.6 Å². The van der Waals surface area contributed by atoms with Gasteiger partial charge in [0.25, 0.3) is 0 Å². The van der Waals surface area contributed by atoms with Crippen molar-refractivity contribution in [3.63, 3.8) is 0 Å². The van der Waals surface area contributed by atoms with Crippen molar-refractivity contribution >= 4 is 21.4 Å². The van der Waals surface area contributed by atoms with E-state index in [1.54, 1.807) is 6.07 Å². The fourth-order valence-corrected chi connectivity index (χ4v) is 3.47. The molecule has 0 bridgehead atoms. The summed E-state index contributed by atoms with van der Waals surface area (Å²) in [4.78, 5) is 4.25. The van der Waals surface area contributed by atoms with Gasteiger partial charge in [-0.1, -0.05) is 6.07 Å². The highest BCUT2D eigenvalue weighted by atomic mass is 35.5. The maximum atomic E-state index is 11.9. The molecular weight excluding hydrogens is 246 g/mol. The third-order valence-corrected chi connectivity index (χ3v) is 4.73. The summed E-state index contributed by atoms with van der Waals surface area (Å²) >= 11 is 5.50. The largest absolute Gasteiger partial charge is 0.241 e. The van der Waals surface area contributed by atoms with E-state index in [9.17, 15) is 8.42 Å². The van der Waals surface area contributed by atoms with Crippen molar-refractivity contribution in [3.05, 3.63) is 23.4 Å². The summed E-state index contributed by atoms with van der Waals surface area (Å²) in [5, 5.41) is 0.207. The van der Waals surface area contributed by atoms with E-state index in [2.05, 4.69) is 4.98 Å². The SMILES string of the molecule is O=S(=O)(CCCCl)c1ccc2c(n1)CCC2. The lowest BCUT2D eigenvalue weighted by Crippen LogP contribution is -2.10. The van der Waals surface area contributed by atoms with E-state index in [1.807, 2.05) is 6.07 Å². The van der Waals surface area contributed by atoms with Crippen LogP contribution in [0.5, 0.6) is 0 Å². The molecule has 16 heavy (non-hydrogen) atoms. The van der Waals surface area contributed by atoms with Crippen molar-refractivity contribution in [2.24, 2.45) is 0 Å². The molecule has 1 heterocycles. The molecule has 0 saturated heterocycles. The Bertz CT molecular complexity index is 485. The fourth-order valence-electron chi connectivity index (χ4n) is 1.92. The van der Waals surface area contributed by atoms with Crippen LogP contribution in [0, 0.1) is 0 Å². The molecule has 1 aliphatic carbocycles. The molecule has 1 aliphatic rings. The zero-order valence-electron chi connectivity index (χ0n) is 8.95. The predicted molar refractivity (Wildman–Crippen MR) is 63.7 cm³/mol. The number of halogens is 1. The number of nitrogens with zero attached hydrogens (tertiary/aromatic N) is 1. The fraction of sp³-hybridized carbons (Fsp3) is 0.545. The van der Waals surface area contributed by atoms with E-state index < -0.39 is 9.84 Å². The van der Waals surface area contributed by atoms with Crippen LogP contribution in [-0.2, 0) is 22.7 Å². The number of hydrogen-bond donors (Lipinski definition) is 0. The molecule has 0 saturated carbocycles. The average molecular weight is 260 g/mol. The van der Waals surface area contributed by atoms with E-state index in [0.29, 0.717) is 12.3 Å². The lowest BCUT2D eigenvalue weighted by Gasteiger charge is -2.04. The van der Waals surface area contributed by atoms with Crippen LogP contribution < -0.4 is 0 Å². The number of fused-ring (bicyclic) bond motifs is 1. The van der Waals surface area contributed by atoms with Crippen LogP contribution in [0.25, 0.3) is 0 Å². The molecule has 0 radical (unpaired) electrons. The van der Waals surface area contributed by atoms with Crippen LogP contribution in [0.3, 0.4) is 0 Å². The smallest absolute Gasteiger partial charge is 0.195 e. The molecule has 0 fully saturated rings. The van der Waals surface area contributed by atoms with Crippen LogP contribution in [-0.4, -0.2) is 25.0 Å². The summed E-state index contributed by atoms with van der Waals surface area (Å²) in [6, 6.07) is 3.51. The predicted octanol–water partition coefficient (Wildman–Crippen LogP) is 1.97. The van der Waals surface area contributed by atoms with Gasteiger partial charge < -0.3 is 0 Å². The maximum Gasteiger partial charge on any atom is 0.195 e. The second kappa shape index (κ2) is 4.72. The molecule has 0 aliphatic heterocycles. The number of pyridine rings is 1. The summed E-state index contributed by atoms with van der Waals surface area (Å²) in [7, 11) is -3.24. The van der Waals surface area contributed by atoms with Gasteiger partial charge in [-0.15, -0.1) is 11.6 Å². The monoisotopic (exact) mass is 259 g/mol. The summed E-state index contributed by atoms with van der Waals surface area (Å²) in [5.74, 6) is 0.451. The van der Waals surface area contributed by atoms with E-state index in [1.165, 1.54) is 5.56 Å². The van der Waals surface area contributed by atoms with Crippen molar-refractivity contribution in [2.45, 2.75) is 30.7 Å². The minimum Gasteiger partial charge on any atom is -0.241 e. The first kappa shape index (κ1) is 11.9. The highest BCUT2D eigenvalue weighted by Gasteiger charge is 2.19. The Kier molecular flexibility index (Phi) is 3.50. The molecule has 5 heteroatoms.